The number of ether oxygens (including phenoxy) is 2. The molecule has 0 fully saturated rings. The molecule has 0 aliphatic carbocycles. The summed E-state index contributed by atoms with van der Waals surface area (Å²) < 4.78 is 11.2. The van der Waals surface area contributed by atoms with Gasteiger partial charge in [-0.25, -0.2) is 4.79 Å². The van der Waals surface area contributed by atoms with Crippen molar-refractivity contribution in [1.82, 2.24) is 0 Å². The van der Waals surface area contributed by atoms with Crippen molar-refractivity contribution in [3.05, 3.63) is 83.4 Å². The first kappa shape index (κ1) is 20.7. The molecule has 0 saturated carbocycles. The van der Waals surface area contributed by atoms with Gasteiger partial charge in [0.1, 0.15) is 11.5 Å². The number of hydrogen-bond donors (Lipinski definition) is 0. The molecule has 3 aromatic carbocycles. The van der Waals surface area contributed by atoms with Crippen LogP contribution in [0, 0.1) is 13.8 Å². The molecule has 0 aliphatic rings. The highest BCUT2D eigenvalue weighted by Gasteiger charge is 2.20. The summed E-state index contributed by atoms with van der Waals surface area (Å²) in [5, 5.41) is 0. The number of esters is 1. The first-order valence-corrected chi connectivity index (χ1v) is 9.84. The molecule has 0 bridgehead atoms. The molecule has 0 aromatic heterocycles. The van der Waals surface area contributed by atoms with E-state index < -0.39 is 5.97 Å². The average Bonchev–Trinajstić information content (AvgIpc) is 2.67. The van der Waals surface area contributed by atoms with Crippen LogP contribution in [0.3, 0.4) is 0 Å². The second-order valence-corrected chi connectivity index (χ2v) is 8.40. The predicted octanol–water partition coefficient (Wildman–Crippen LogP) is 6.25. The maximum atomic E-state index is 12.3. The topological polar surface area (TPSA) is 35.5 Å². The van der Waals surface area contributed by atoms with Crippen molar-refractivity contribution in [3.8, 4) is 22.6 Å². The lowest BCUT2D eigenvalue weighted by atomic mass is 9.85. The minimum atomic E-state index is -0.423. The van der Waals surface area contributed by atoms with Gasteiger partial charge in [0.2, 0.25) is 0 Å². The Morgan fingerprint density at radius 2 is 1.34 bits per heavy atom. The van der Waals surface area contributed by atoms with Crippen LogP contribution in [-0.4, -0.2) is 12.6 Å². The lowest BCUT2D eigenvalue weighted by molar-refractivity contribution is -0.136. The van der Waals surface area contributed by atoms with Gasteiger partial charge in [0, 0.05) is 0 Å². The monoisotopic (exact) mass is 388 g/mol. The minimum Gasteiger partial charge on any atom is -0.482 e. The van der Waals surface area contributed by atoms with Gasteiger partial charge in [0.05, 0.1) is 0 Å². The molecule has 0 N–H and O–H groups in total. The Labute approximate surface area is 173 Å². The SMILES string of the molecule is Cc1ccc(-c2ccc(OC(=O)COc3ccc(C)cc3C(C)(C)C)cc2)cc1. The van der Waals surface area contributed by atoms with Gasteiger partial charge in [0.15, 0.2) is 6.61 Å². The summed E-state index contributed by atoms with van der Waals surface area (Å²) in [5.74, 6) is 0.803. The zero-order valence-corrected chi connectivity index (χ0v) is 17.8. The van der Waals surface area contributed by atoms with Crippen molar-refractivity contribution in [1.29, 1.82) is 0 Å². The normalized spacial score (nSPS) is 11.2. The van der Waals surface area contributed by atoms with Crippen molar-refractivity contribution >= 4 is 5.97 Å². The highest BCUT2D eigenvalue weighted by Crippen LogP contribution is 2.32. The Morgan fingerprint density at radius 1 is 0.793 bits per heavy atom. The summed E-state index contributed by atoms with van der Waals surface area (Å²) in [5.41, 5.74) is 5.60. The van der Waals surface area contributed by atoms with E-state index in [0.717, 1.165) is 22.4 Å². The molecule has 3 heteroatoms. The molecule has 0 atom stereocenters. The van der Waals surface area contributed by atoms with Gasteiger partial charge in [-0.3, -0.25) is 0 Å². The number of carbonyl (C=O) groups is 1. The molecule has 0 heterocycles. The Balaban J connectivity index is 1.62. The first-order chi connectivity index (χ1) is 13.7. The second-order valence-electron chi connectivity index (χ2n) is 8.40. The summed E-state index contributed by atoms with van der Waals surface area (Å²) in [6.45, 7) is 10.4. The van der Waals surface area contributed by atoms with Crippen LogP contribution in [0.25, 0.3) is 11.1 Å². The molecule has 3 rings (SSSR count). The maximum absolute atomic E-state index is 12.3. The van der Waals surface area contributed by atoms with Gasteiger partial charge in [-0.2, -0.15) is 0 Å². The fraction of sp³-hybridized carbons (Fsp3) is 0.269. The Hall–Kier alpha value is -3.07. The molecule has 150 valence electrons. The molecular weight excluding hydrogens is 360 g/mol. The van der Waals surface area contributed by atoms with Crippen LogP contribution in [0.5, 0.6) is 11.5 Å². The summed E-state index contributed by atoms with van der Waals surface area (Å²) in [4.78, 5) is 12.3. The first-order valence-electron chi connectivity index (χ1n) is 9.84. The summed E-state index contributed by atoms with van der Waals surface area (Å²) >= 11 is 0. The quantitative estimate of drug-likeness (QED) is 0.383. The van der Waals surface area contributed by atoms with E-state index in [4.69, 9.17) is 9.47 Å². The van der Waals surface area contributed by atoms with E-state index in [9.17, 15) is 4.79 Å². The smallest absolute Gasteiger partial charge is 0.349 e. The van der Waals surface area contributed by atoms with Gasteiger partial charge in [-0.15, -0.1) is 0 Å². The molecule has 3 aromatic rings. The number of rotatable bonds is 5. The Morgan fingerprint density at radius 3 is 1.93 bits per heavy atom. The van der Waals surface area contributed by atoms with E-state index in [1.165, 1.54) is 11.1 Å². The highest BCUT2D eigenvalue weighted by molar-refractivity contribution is 5.74. The van der Waals surface area contributed by atoms with Gasteiger partial charge in [0.25, 0.3) is 0 Å². The van der Waals surface area contributed by atoms with Crippen molar-refractivity contribution in [3.63, 3.8) is 0 Å². The number of aryl methyl sites for hydroxylation is 2. The molecule has 0 radical (unpaired) electrons. The van der Waals surface area contributed by atoms with Crippen LogP contribution in [0.4, 0.5) is 0 Å². The fourth-order valence-electron chi connectivity index (χ4n) is 3.11. The molecule has 0 spiro atoms. The molecule has 0 aliphatic heterocycles. The molecular formula is C26H28O3. The van der Waals surface area contributed by atoms with Crippen molar-refractivity contribution in [2.75, 3.05) is 6.61 Å². The molecule has 0 saturated heterocycles. The van der Waals surface area contributed by atoms with Crippen LogP contribution in [0.2, 0.25) is 0 Å². The third-order valence-corrected chi connectivity index (χ3v) is 4.76. The second kappa shape index (κ2) is 8.52. The van der Waals surface area contributed by atoms with E-state index in [-0.39, 0.29) is 12.0 Å². The van der Waals surface area contributed by atoms with Crippen molar-refractivity contribution in [2.24, 2.45) is 0 Å². The van der Waals surface area contributed by atoms with Gasteiger partial charge in [-0.05, 0) is 54.2 Å². The summed E-state index contributed by atoms with van der Waals surface area (Å²) in [6.07, 6.45) is 0. The predicted molar refractivity (Wildman–Crippen MR) is 118 cm³/mol. The number of carbonyl (C=O) groups excluding carboxylic acids is 1. The van der Waals surface area contributed by atoms with E-state index >= 15 is 0 Å². The van der Waals surface area contributed by atoms with Gasteiger partial charge in [-0.1, -0.05) is 80.4 Å². The average molecular weight is 389 g/mol. The van der Waals surface area contributed by atoms with Crippen molar-refractivity contribution in [2.45, 2.75) is 40.0 Å². The van der Waals surface area contributed by atoms with E-state index in [2.05, 4.69) is 58.0 Å². The fourth-order valence-corrected chi connectivity index (χ4v) is 3.11. The van der Waals surface area contributed by atoms with E-state index in [0.29, 0.717) is 5.75 Å². The zero-order valence-electron chi connectivity index (χ0n) is 17.8. The van der Waals surface area contributed by atoms with Crippen LogP contribution in [-0.2, 0) is 10.2 Å². The van der Waals surface area contributed by atoms with Crippen LogP contribution >= 0.6 is 0 Å². The Bertz CT molecular complexity index is 978. The lowest BCUT2D eigenvalue weighted by Crippen LogP contribution is -2.20. The van der Waals surface area contributed by atoms with E-state index in [1.54, 1.807) is 12.1 Å². The van der Waals surface area contributed by atoms with Gasteiger partial charge >= 0.3 is 5.97 Å². The molecule has 0 unspecified atom stereocenters. The van der Waals surface area contributed by atoms with Crippen LogP contribution in [0.15, 0.2) is 66.7 Å². The Kier molecular flexibility index (Phi) is 6.07. The lowest BCUT2D eigenvalue weighted by Gasteiger charge is -2.23. The largest absolute Gasteiger partial charge is 0.482 e. The van der Waals surface area contributed by atoms with Crippen LogP contribution in [0.1, 0.15) is 37.5 Å². The number of hydrogen-bond acceptors (Lipinski definition) is 3. The summed E-state index contributed by atoms with van der Waals surface area (Å²) in [7, 11) is 0. The third-order valence-electron chi connectivity index (χ3n) is 4.76. The van der Waals surface area contributed by atoms with Gasteiger partial charge < -0.3 is 9.47 Å². The van der Waals surface area contributed by atoms with Crippen molar-refractivity contribution < 1.29 is 14.3 Å². The highest BCUT2D eigenvalue weighted by atomic mass is 16.6. The zero-order chi connectivity index (χ0) is 21.0. The molecule has 3 nitrogen and oxygen atoms in total. The number of benzene rings is 3. The van der Waals surface area contributed by atoms with E-state index in [1.807, 2.05) is 31.2 Å². The molecule has 0 amide bonds. The summed E-state index contributed by atoms with van der Waals surface area (Å²) in [6, 6.07) is 21.8. The van der Waals surface area contributed by atoms with Crippen LogP contribution < -0.4 is 9.47 Å². The maximum Gasteiger partial charge on any atom is 0.349 e. The minimum absolute atomic E-state index is 0.0724. The standard InChI is InChI=1S/C26H28O3/c1-18-6-9-20(10-7-18)21-11-13-22(14-12-21)29-25(27)17-28-24-15-8-19(2)16-23(24)26(3,4)5/h6-16H,17H2,1-5H3. The molecule has 29 heavy (non-hydrogen) atoms. The third kappa shape index (κ3) is 5.47.